The van der Waals surface area contributed by atoms with Gasteiger partial charge in [0.2, 0.25) is 21.8 Å². The van der Waals surface area contributed by atoms with Crippen LogP contribution >= 0.6 is 11.6 Å². The number of rotatable bonds is 7. The van der Waals surface area contributed by atoms with Crippen LogP contribution < -0.4 is 9.46 Å². The van der Waals surface area contributed by atoms with Gasteiger partial charge in [0.25, 0.3) is 0 Å². The Kier molecular flexibility index (Phi) is 5.55. The average molecular weight is 394 g/mol. The highest BCUT2D eigenvalue weighted by atomic mass is 35.5. The Morgan fingerprint density at radius 2 is 1.85 bits per heavy atom. The number of nitrogens with one attached hydrogen (secondary N) is 1. The SMILES string of the molecule is COc1ccc(-c2nnc(CCNS(=O)(=O)c3ccccc3Cl)o2)cc1. The molecule has 1 heterocycles. The lowest BCUT2D eigenvalue weighted by molar-refractivity contribution is 0.415. The van der Waals surface area contributed by atoms with Gasteiger partial charge in [-0.2, -0.15) is 0 Å². The summed E-state index contributed by atoms with van der Waals surface area (Å²) in [6.45, 7) is 0.109. The van der Waals surface area contributed by atoms with Gasteiger partial charge in [-0.05, 0) is 36.4 Å². The van der Waals surface area contributed by atoms with Crippen molar-refractivity contribution in [2.75, 3.05) is 13.7 Å². The third-order valence-electron chi connectivity index (χ3n) is 3.56. The molecule has 1 aromatic heterocycles. The topological polar surface area (TPSA) is 94.3 Å². The number of halogens is 1. The van der Waals surface area contributed by atoms with Gasteiger partial charge in [-0.3, -0.25) is 0 Å². The van der Waals surface area contributed by atoms with Crippen molar-refractivity contribution >= 4 is 21.6 Å². The highest BCUT2D eigenvalue weighted by Crippen LogP contribution is 2.22. The fourth-order valence-electron chi connectivity index (χ4n) is 2.24. The van der Waals surface area contributed by atoms with Crippen LogP contribution in [-0.2, 0) is 16.4 Å². The zero-order chi connectivity index (χ0) is 18.6. The predicted octanol–water partition coefficient (Wildman–Crippen LogP) is 2.92. The lowest BCUT2D eigenvalue weighted by Gasteiger charge is -2.06. The molecule has 0 saturated carbocycles. The van der Waals surface area contributed by atoms with E-state index in [-0.39, 0.29) is 22.9 Å². The molecule has 3 rings (SSSR count). The Labute approximate surface area is 156 Å². The molecule has 7 nitrogen and oxygen atoms in total. The molecule has 136 valence electrons. The van der Waals surface area contributed by atoms with Crippen molar-refractivity contribution < 1.29 is 17.6 Å². The van der Waals surface area contributed by atoms with Crippen LogP contribution in [0.2, 0.25) is 5.02 Å². The summed E-state index contributed by atoms with van der Waals surface area (Å²) in [5.41, 5.74) is 0.751. The standard InChI is InChI=1S/C17H16ClN3O4S/c1-24-13-8-6-12(7-9-13)17-21-20-16(25-17)10-11-19-26(22,23)15-5-3-2-4-14(15)18/h2-9,19H,10-11H2,1H3. The minimum absolute atomic E-state index is 0.0334. The van der Waals surface area contributed by atoms with E-state index in [9.17, 15) is 8.42 Å². The van der Waals surface area contributed by atoms with Gasteiger partial charge >= 0.3 is 0 Å². The van der Waals surface area contributed by atoms with Crippen LogP contribution in [0.1, 0.15) is 5.89 Å². The first-order valence-electron chi connectivity index (χ1n) is 7.70. The second-order valence-corrected chi connectivity index (χ2v) is 7.45. The maximum absolute atomic E-state index is 12.3. The molecular weight excluding hydrogens is 378 g/mol. The molecule has 3 aromatic rings. The molecule has 0 saturated heterocycles. The Bertz CT molecular complexity index is 987. The van der Waals surface area contributed by atoms with Gasteiger partial charge in [0.1, 0.15) is 10.6 Å². The molecule has 1 N–H and O–H groups in total. The smallest absolute Gasteiger partial charge is 0.247 e. The fourth-order valence-corrected chi connectivity index (χ4v) is 3.79. The highest BCUT2D eigenvalue weighted by Gasteiger charge is 2.17. The van der Waals surface area contributed by atoms with Crippen LogP contribution in [0.3, 0.4) is 0 Å². The molecule has 0 radical (unpaired) electrons. The molecule has 0 atom stereocenters. The quantitative estimate of drug-likeness (QED) is 0.663. The van der Waals surface area contributed by atoms with Gasteiger partial charge in [-0.15, -0.1) is 10.2 Å². The lowest BCUT2D eigenvalue weighted by atomic mass is 10.2. The molecule has 2 aromatic carbocycles. The van der Waals surface area contributed by atoms with Crippen LogP contribution in [0.4, 0.5) is 0 Å². The second-order valence-electron chi connectivity index (χ2n) is 5.31. The molecule has 0 aliphatic heterocycles. The van der Waals surface area contributed by atoms with Crippen molar-refractivity contribution in [1.82, 2.24) is 14.9 Å². The van der Waals surface area contributed by atoms with Gasteiger partial charge < -0.3 is 9.15 Å². The van der Waals surface area contributed by atoms with E-state index in [0.717, 1.165) is 11.3 Å². The van der Waals surface area contributed by atoms with E-state index in [1.54, 1.807) is 43.5 Å². The highest BCUT2D eigenvalue weighted by molar-refractivity contribution is 7.89. The van der Waals surface area contributed by atoms with Gasteiger partial charge in [0.15, 0.2) is 0 Å². The minimum Gasteiger partial charge on any atom is -0.497 e. The number of ether oxygens (including phenoxy) is 1. The lowest BCUT2D eigenvalue weighted by Crippen LogP contribution is -2.26. The monoisotopic (exact) mass is 393 g/mol. The zero-order valence-corrected chi connectivity index (χ0v) is 15.4. The van der Waals surface area contributed by atoms with Crippen molar-refractivity contribution in [3.8, 4) is 17.2 Å². The van der Waals surface area contributed by atoms with Gasteiger partial charge in [-0.1, -0.05) is 23.7 Å². The van der Waals surface area contributed by atoms with Crippen molar-refractivity contribution in [2.45, 2.75) is 11.3 Å². The molecular formula is C17H16ClN3O4S. The molecule has 0 aliphatic rings. The van der Waals surface area contributed by atoms with E-state index in [0.29, 0.717) is 11.8 Å². The van der Waals surface area contributed by atoms with Crippen molar-refractivity contribution in [3.63, 3.8) is 0 Å². The van der Waals surface area contributed by atoms with E-state index < -0.39 is 10.0 Å². The zero-order valence-electron chi connectivity index (χ0n) is 13.8. The number of methoxy groups -OCH3 is 1. The van der Waals surface area contributed by atoms with Crippen LogP contribution in [-0.4, -0.2) is 32.3 Å². The summed E-state index contributed by atoms with van der Waals surface area (Å²) >= 11 is 5.93. The summed E-state index contributed by atoms with van der Waals surface area (Å²) in [4.78, 5) is 0.0334. The molecule has 0 fully saturated rings. The minimum atomic E-state index is -3.70. The Hall–Kier alpha value is -2.42. The second kappa shape index (κ2) is 7.86. The van der Waals surface area contributed by atoms with Crippen molar-refractivity contribution in [2.24, 2.45) is 0 Å². The van der Waals surface area contributed by atoms with E-state index in [4.69, 9.17) is 20.8 Å². The van der Waals surface area contributed by atoms with Gasteiger partial charge in [0, 0.05) is 18.5 Å². The fraction of sp³-hybridized carbons (Fsp3) is 0.176. The Morgan fingerprint density at radius 3 is 2.54 bits per heavy atom. The van der Waals surface area contributed by atoms with Crippen LogP contribution in [0, 0.1) is 0 Å². The number of sulfonamides is 1. The summed E-state index contributed by atoms with van der Waals surface area (Å²) in [5, 5.41) is 8.08. The first-order valence-corrected chi connectivity index (χ1v) is 9.57. The summed E-state index contributed by atoms with van der Waals surface area (Å²) in [7, 11) is -2.11. The number of nitrogens with zero attached hydrogens (tertiary/aromatic N) is 2. The molecule has 0 aliphatic carbocycles. The molecule has 26 heavy (non-hydrogen) atoms. The number of benzene rings is 2. The van der Waals surface area contributed by atoms with Crippen molar-refractivity contribution in [3.05, 3.63) is 59.4 Å². The van der Waals surface area contributed by atoms with E-state index in [2.05, 4.69) is 14.9 Å². The molecule has 0 amide bonds. The largest absolute Gasteiger partial charge is 0.497 e. The third-order valence-corrected chi connectivity index (χ3v) is 5.52. The Morgan fingerprint density at radius 1 is 1.12 bits per heavy atom. The third kappa shape index (κ3) is 4.21. The van der Waals surface area contributed by atoms with Crippen LogP contribution in [0.25, 0.3) is 11.5 Å². The maximum atomic E-state index is 12.3. The number of hydrogen-bond donors (Lipinski definition) is 1. The van der Waals surface area contributed by atoms with Crippen molar-refractivity contribution in [1.29, 1.82) is 0 Å². The summed E-state index contributed by atoms with van der Waals surface area (Å²) in [5.74, 6) is 1.41. The van der Waals surface area contributed by atoms with E-state index in [1.807, 2.05) is 0 Å². The normalized spacial score (nSPS) is 11.5. The molecule has 0 bridgehead atoms. The summed E-state index contributed by atoms with van der Waals surface area (Å²) in [6.07, 6.45) is 0.257. The molecule has 0 unspecified atom stereocenters. The van der Waals surface area contributed by atoms with Gasteiger partial charge in [0.05, 0.1) is 12.1 Å². The first-order chi connectivity index (χ1) is 12.5. The number of aromatic nitrogens is 2. The maximum Gasteiger partial charge on any atom is 0.247 e. The predicted molar refractivity (Wildman–Crippen MR) is 96.6 cm³/mol. The summed E-state index contributed by atoms with van der Waals surface area (Å²) < 4.78 is 37.6. The molecule has 9 heteroatoms. The molecule has 0 spiro atoms. The van der Waals surface area contributed by atoms with Crippen LogP contribution in [0.5, 0.6) is 5.75 Å². The Balaban J connectivity index is 1.62. The summed E-state index contributed by atoms with van der Waals surface area (Å²) in [6, 6.07) is 13.4. The van der Waals surface area contributed by atoms with E-state index >= 15 is 0 Å². The first kappa shape index (κ1) is 18.4. The average Bonchev–Trinajstić information content (AvgIpc) is 3.11. The van der Waals surface area contributed by atoms with Crippen LogP contribution in [0.15, 0.2) is 57.8 Å². The number of hydrogen-bond acceptors (Lipinski definition) is 6. The van der Waals surface area contributed by atoms with Gasteiger partial charge in [-0.25, -0.2) is 13.1 Å². The van der Waals surface area contributed by atoms with E-state index in [1.165, 1.54) is 12.1 Å².